The van der Waals surface area contributed by atoms with Crippen molar-refractivity contribution in [2.45, 2.75) is 31.7 Å². The SMILES string of the molecule is Cc1ccc(-c2noc([C@H]3C[C@@H]3F)n2)cc1NC(=O)c1cnc(-c2ccc3c(c2)OC(F)(F)O3)o1. The highest BCUT2D eigenvalue weighted by molar-refractivity contribution is 6.03. The third-order valence-corrected chi connectivity index (χ3v) is 5.59. The molecule has 4 aromatic rings. The highest BCUT2D eigenvalue weighted by atomic mass is 19.3. The zero-order valence-corrected chi connectivity index (χ0v) is 17.9. The Labute approximate surface area is 194 Å². The van der Waals surface area contributed by atoms with E-state index in [4.69, 9.17) is 8.94 Å². The van der Waals surface area contributed by atoms with Crippen molar-refractivity contribution in [3.63, 3.8) is 0 Å². The van der Waals surface area contributed by atoms with Gasteiger partial charge in [0.05, 0.1) is 12.1 Å². The predicted molar refractivity (Wildman–Crippen MR) is 113 cm³/mol. The summed E-state index contributed by atoms with van der Waals surface area (Å²) in [5.74, 6) is -0.757. The zero-order valence-electron chi connectivity index (χ0n) is 17.9. The van der Waals surface area contributed by atoms with Gasteiger partial charge in [-0.1, -0.05) is 17.3 Å². The number of hydrogen-bond donors (Lipinski definition) is 1. The third kappa shape index (κ3) is 3.96. The molecule has 12 heteroatoms. The number of fused-ring (bicyclic) bond motifs is 1. The molecule has 2 aromatic carbocycles. The molecule has 2 atom stereocenters. The molecular weight excluding hydrogens is 469 g/mol. The minimum Gasteiger partial charge on any atom is -0.431 e. The van der Waals surface area contributed by atoms with Gasteiger partial charge in [0, 0.05) is 16.8 Å². The number of anilines is 1. The van der Waals surface area contributed by atoms with Crippen molar-refractivity contribution in [2.24, 2.45) is 0 Å². The smallest absolute Gasteiger partial charge is 0.431 e. The topological polar surface area (TPSA) is 113 Å². The molecule has 9 nitrogen and oxygen atoms in total. The van der Waals surface area contributed by atoms with Crippen LogP contribution in [0.25, 0.3) is 22.8 Å². The number of aromatic nitrogens is 3. The van der Waals surface area contributed by atoms with Gasteiger partial charge in [0.25, 0.3) is 5.91 Å². The molecule has 0 saturated heterocycles. The summed E-state index contributed by atoms with van der Waals surface area (Å²) in [5.41, 5.74) is 2.12. The van der Waals surface area contributed by atoms with E-state index in [0.717, 1.165) is 5.56 Å². The van der Waals surface area contributed by atoms with Crippen molar-refractivity contribution in [1.82, 2.24) is 15.1 Å². The van der Waals surface area contributed by atoms with Gasteiger partial charge in [0.1, 0.15) is 6.17 Å². The first kappa shape index (κ1) is 21.2. The molecule has 1 amide bonds. The highest BCUT2D eigenvalue weighted by Gasteiger charge is 2.44. The Kier molecular flexibility index (Phi) is 4.59. The Bertz CT molecular complexity index is 1470. The van der Waals surface area contributed by atoms with Crippen LogP contribution in [-0.2, 0) is 0 Å². The van der Waals surface area contributed by atoms with E-state index in [0.29, 0.717) is 23.2 Å². The van der Waals surface area contributed by atoms with Gasteiger partial charge in [-0.3, -0.25) is 4.79 Å². The number of carbonyl (C=O) groups excluding carboxylic acids is 1. The Balaban J connectivity index is 1.20. The number of benzene rings is 2. The van der Waals surface area contributed by atoms with Crippen LogP contribution in [-0.4, -0.2) is 33.5 Å². The van der Waals surface area contributed by atoms with Crippen molar-refractivity contribution in [2.75, 3.05) is 5.32 Å². The number of aryl methyl sites for hydroxylation is 1. The summed E-state index contributed by atoms with van der Waals surface area (Å²) < 4.78 is 59.2. The Morgan fingerprint density at radius 2 is 1.89 bits per heavy atom. The van der Waals surface area contributed by atoms with E-state index in [1.165, 1.54) is 24.4 Å². The summed E-state index contributed by atoms with van der Waals surface area (Å²) in [7, 11) is 0. The molecule has 0 bridgehead atoms. The molecule has 0 unspecified atom stereocenters. The van der Waals surface area contributed by atoms with Crippen LogP contribution in [0.1, 0.15) is 34.3 Å². The summed E-state index contributed by atoms with van der Waals surface area (Å²) in [4.78, 5) is 21.1. The number of alkyl halides is 3. The number of nitrogens with one attached hydrogen (secondary N) is 1. The lowest BCUT2D eigenvalue weighted by Crippen LogP contribution is -2.25. The minimum atomic E-state index is -3.74. The Morgan fingerprint density at radius 3 is 2.69 bits per heavy atom. The van der Waals surface area contributed by atoms with Crippen LogP contribution in [0.4, 0.5) is 18.9 Å². The zero-order chi connectivity index (χ0) is 24.3. The molecule has 1 fully saturated rings. The number of hydrogen-bond acceptors (Lipinski definition) is 8. The summed E-state index contributed by atoms with van der Waals surface area (Å²) in [6, 6.07) is 9.22. The van der Waals surface area contributed by atoms with E-state index < -0.39 is 18.4 Å². The maximum atomic E-state index is 13.3. The summed E-state index contributed by atoms with van der Waals surface area (Å²) in [5, 5.41) is 6.64. The maximum absolute atomic E-state index is 13.3. The molecule has 1 saturated carbocycles. The predicted octanol–water partition coefficient (Wildman–Crippen LogP) is 5.10. The summed E-state index contributed by atoms with van der Waals surface area (Å²) in [6.45, 7) is 1.80. The first-order chi connectivity index (χ1) is 16.8. The molecule has 2 aliphatic rings. The standard InChI is InChI=1S/C23H15F3N4O5/c1-10-2-3-11(19-29-22(35-30-19)13-8-14(13)24)6-15(10)28-20(31)18-9-27-21(32-18)12-4-5-16-17(7-12)34-23(25,26)33-16/h2-7,9,13-14H,8H2,1H3,(H,28,31)/t13-,14-/m0/s1. The summed E-state index contributed by atoms with van der Waals surface area (Å²) >= 11 is 0. The molecule has 0 radical (unpaired) electrons. The van der Waals surface area contributed by atoms with E-state index in [1.54, 1.807) is 25.1 Å². The largest absolute Gasteiger partial charge is 0.586 e. The first-order valence-corrected chi connectivity index (χ1v) is 10.5. The van der Waals surface area contributed by atoms with Gasteiger partial charge in [0.2, 0.25) is 23.4 Å². The number of oxazole rings is 1. The van der Waals surface area contributed by atoms with E-state index in [2.05, 4.69) is 29.9 Å². The molecule has 35 heavy (non-hydrogen) atoms. The average Bonchev–Trinajstić information content (AvgIpc) is 3.22. The third-order valence-electron chi connectivity index (χ3n) is 5.59. The average molecular weight is 484 g/mol. The number of nitrogens with zero attached hydrogens (tertiary/aromatic N) is 3. The van der Waals surface area contributed by atoms with E-state index in [-0.39, 0.29) is 40.8 Å². The second-order valence-corrected chi connectivity index (χ2v) is 8.16. The van der Waals surface area contributed by atoms with Crippen LogP contribution in [0, 0.1) is 6.92 Å². The Morgan fingerprint density at radius 1 is 1.11 bits per heavy atom. The summed E-state index contributed by atoms with van der Waals surface area (Å²) in [6.07, 6.45) is -3.11. The van der Waals surface area contributed by atoms with Gasteiger partial charge in [-0.25, -0.2) is 9.37 Å². The van der Waals surface area contributed by atoms with Crippen LogP contribution in [0.2, 0.25) is 0 Å². The molecule has 1 aliphatic carbocycles. The van der Waals surface area contributed by atoms with Gasteiger partial charge in [-0.2, -0.15) is 4.98 Å². The Hall–Kier alpha value is -4.35. The van der Waals surface area contributed by atoms with Crippen LogP contribution in [0.15, 0.2) is 51.5 Å². The lowest BCUT2D eigenvalue weighted by Gasteiger charge is -2.08. The van der Waals surface area contributed by atoms with Gasteiger partial charge >= 0.3 is 6.29 Å². The molecule has 2 aromatic heterocycles. The van der Waals surface area contributed by atoms with E-state index >= 15 is 0 Å². The van der Waals surface area contributed by atoms with Crippen molar-refractivity contribution in [3.05, 3.63) is 59.8 Å². The van der Waals surface area contributed by atoms with Gasteiger partial charge in [-0.05, 0) is 43.2 Å². The number of rotatable bonds is 5. The molecule has 6 rings (SSSR count). The van der Waals surface area contributed by atoms with Crippen molar-refractivity contribution in [3.8, 4) is 34.3 Å². The number of carbonyl (C=O) groups is 1. The second kappa shape index (κ2) is 7.58. The minimum absolute atomic E-state index is 0.0350. The van der Waals surface area contributed by atoms with Gasteiger partial charge in [0.15, 0.2) is 11.5 Å². The van der Waals surface area contributed by atoms with E-state index in [9.17, 15) is 18.0 Å². The molecule has 1 aliphatic heterocycles. The van der Waals surface area contributed by atoms with Crippen molar-refractivity contribution >= 4 is 11.6 Å². The van der Waals surface area contributed by atoms with Gasteiger partial charge in [-0.15, -0.1) is 8.78 Å². The fourth-order valence-corrected chi connectivity index (χ4v) is 3.60. The molecule has 178 valence electrons. The highest BCUT2D eigenvalue weighted by Crippen LogP contribution is 2.44. The van der Waals surface area contributed by atoms with Crippen LogP contribution >= 0.6 is 0 Å². The van der Waals surface area contributed by atoms with Crippen LogP contribution in [0.3, 0.4) is 0 Å². The monoisotopic (exact) mass is 484 g/mol. The number of halogens is 3. The molecular formula is C23H15F3N4O5. The molecule has 3 heterocycles. The maximum Gasteiger partial charge on any atom is 0.586 e. The fraction of sp³-hybridized carbons (Fsp3) is 0.217. The van der Waals surface area contributed by atoms with Crippen molar-refractivity contribution < 1.29 is 36.4 Å². The van der Waals surface area contributed by atoms with Crippen molar-refractivity contribution in [1.29, 1.82) is 0 Å². The first-order valence-electron chi connectivity index (χ1n) is 10.5. The normalized spacial score (nSPS) is 19.5. The fourth-order valence-electron chi connectivity index (χ4n) is 3.60. The number of ether oxygens (including phenoxy) is 2. The molecule has 0 spiro atoms. The van der Waals surface area contributed by atoms with E-state index in [1.807, 2.05) is 0 Å². The van der Waals surface area contributed by atoms with Crippen LogP contribution in [0.5, 0.6) is 11.5 Å². The van der Waals surface area contributed by atoms with Crippen LogP contribution < -0.4 is 14.8 Å². The second-order valence-electron chi connectivity index (χ2n) is 8.16. The van der Waals surface area contributed by atoms with Gasteiger partial charge < -0.3 is 23.7 Å². The lowest BCUT2D eigenvalue weighted by atomic mass is 10.1. The molecule has 1 N–H and O–H groups in total. The lowest BCUT2D eigenvalue weighted by molar-refractivity contribution is -0.286. The quantitative estimate of drug-likeness (QED) is 0.416. The number of amides is 1.